The molecule has 19 heavy (non-hydrogen) atoms. The molecule has 0 fully saturated rings. The van der Waals surface area contributed by atoms with Gasteiger partial charge in [-0.2, -0.15) is 4.98 Å². The first-order valence-electron chi connectivity index (χ1n) is 5.91. The van der Waals surface area contributed by atoms with Crippen LogP contribution >= 0.6 is 11.6 Å². The molecule has 0 aliphatic rings. The van der Waals surface area contributed by atoms with E-state index in [1.807, 2.05) is 31.2 Å². The maximum Gasteiger partial charge on any atom is 0.226 e. The van der Waals surface area contributed by atoms with Crippen LogP contribution in [0.5, 0.6) is 5.75 Å². The zero-order valence-corrected chi connectivity index (χ0v) is 11.5. The molecule has 1 aromatic heterocycles. The average Bonchev–Trinajstić information content (AvgIpc) is 2.39. The van der Waals surface area contributed by atoms with E-state index in [4.69, 9.17) is 16.3 Å². The zero-order chi connectivity index (χ0) is 13.7. The summed E-state index contributed by atoms with van der Waals surface area (Å²) in [6, 6.07) is 9.26. The molecule has 0 saturated carbocycles. The van der Waals surface area contributed by atoms with Gasteiger partial charge in [-0.15, -0.1) is 0 Å². The van der Waals surface area contributed by atoms with Gasteiger partial charge >= 0.3 is 0 Å². The third-order valence-corrected chi connectivity index (χ3v) is 2.59. The number of anilines is 3. The van der Waals surface area contributed by atoms with Gasteiger partial charge in [0.05, 0.1) is 12.8 Å². The van der Waals surface area contributed by atoms with Crippen LogP contribution in [0.3, 0.4) is 0 Å². The van der Waals surface area contributed by atoms with Gasteiger partial charge in [0.1, 0.15) is 16.7 Å². The number of nitrogens with one attached hydrogen (secondary N) is 2. The lowest BCUT2D eigenvalue weighted by Crippen LogP contribution is -2.04. The van der Waals surface area contributed by atoms with Crippen molar-refractivity contribution in [3.05, 3.63) is 35.5 Å². The van der Waals surface area contributed by atoms with Gasteiger partial charge in [-0.3, -0.25) is 0 Å². The lowest BCUT2D eigenvalue weighted by atomic mass is 10.3. The second kappa shape index (κ2) is 6.24. The van der Waals surface area contributed by atoms with Crippen molar-refractivity contribution in [1.82, 2.24) is 9.97 Å². The molecule has 0 spiro atoms. The molecule has 2 aromatic rings. The molecule has 1 heterocycles. The van der Waals surface area contributed by atoms with E-state index in [9.17, 15) is 0 Å². The zero-order valence-electron chi connectivity index (χ0n) is 10.8. The molecule has 5 nitrogen and oxygen atoms in total. The summed E-state index contributed by atoms with van der Waals surface area (Å²) in [6.07, 6.45) is 0. The summed E-state index contributed by atoms with van der Waals surface area (Å²) in [7, 11) is 1.62. The molecule has 1 aromatic carbocycles. The molecule has 0 amide bonds. The minimum atomic E-state index is 0.378. The minimum Gasteiger partial charge on any atom is -0.495 e. The Balaban J connectivity index is 2.27. The number of para-hydroxylation sites is 2. The van der Waals surface area contributed by atoms with Crippen molar-refractivity contribution in [3.8, 4) is 5.75 Å². The Morgan fingerprint density at radius 1 is 1.26 bits per heavy atom. The molecule has 0 saturated heterocycles. The van der Waals surface area contributed by atoms with Crippen molar-refractivity contribution < 1.29 is 4.74 Å². The van der Waals surface area contributed by atoms with E-state index in [0.29, 0.717) is 16.9 Å². The number of hydrogen-bond donors (Lipinski definition) is 2. The van der Waals surface area contributed by atoms with Crippen molar-refractivity contribution >= 4 is 29.1 Å². The Bertz CT molecular complexity index is 562. The number of rotatable bonds is 5. The summed E-state index contributed by atoms with van der Waals surface area (Å²) >= 11 is 5.96. The molecule has 0 radical (unpaired) electrons. The van der Waals surface area contributed by atoms with Gasteiger partial charge in [-0.1, -0.05) is 23.7 Å². The van der Waals surface area contributed by atoms with E-state index in [1.165, 1.54) is 0 Å². The van der Waals surface area contributed by atoms with Crippen LogP contribution in [0.4, 0.5) is 17.5 Å². The highest BCUT2D eigenvalue weighted by Crippen LogP contribution is 2.27. The number of ether oxygens (including phenoxy) is 1. The quantitative estimate of drug-likeness (QED) is 0.822. The highest BCUT2D eigenvalue weighted by atomic mass is 35.5. The minimum absolute atomic E-state index is 0.378. The summed E-state index contributed by atoms with van der Waals surface area (Å²) in [6.45, 7) is 2.70. The number of benzene rings is 1. The van der Waals surface area contributed by atoms with Crippen LogP contribution in [0.1, 0.15) is 6.92 Å². The van der Waals surface area contributed by atoms with Crippen molar-refractivity contribution in [2.45, 2.75) is 6.92 Å². The molecule has 2 rings (SSSR count). The highest BCUT2D eigenvalue weighted by Gasteiger charge is 2.06. The van der Waals surface area contributed by atoms with Gasteiger partial charge in [0.2, 0.25) is 5.95 Å². The van der Waals surface area contributed by atoms with Crippen LogP contribution in [0, 0.1) is 0 Å². The summed E-state index contributed by atoms with van der Waals surface area (Å²) in [5.41, 5.74) is 0.821. The lowest BCUT2D eigenvalue weighted by Gasteiger charge is -2.11. The summed E-state index contributed by atoms with van der Waals surface area (Å²) in [4.78, 5) is 8.40. The number of halogens is 1. The van der Waals surface area contributed by atoms with Crippen molar-refractivity contribution in [2.24, 2.45) is 0 Å². The predicted molar refractivity (Wildman–Crippen MR) is 77.5 cm³/mol. The Labute approximate surface area is 117 Å². The van der Waals surface area contributed by atoms with Crippen LogP contribution in [0.2, 0.25) is 5.15 Å². The predicted octanol–water partition coefficient (Wildman–Crippen LogP) is 3.31. The van der Waals surface area contributed by atoms with Crippen LogP contribution < -0.4 is 15.4 Å². The Kier molecular flexibility index (Phi) is 4.41. The third kappa shape index (κ3) is 3.48. The molecule has 0 aliphatic carbocycles. The van der Waals surface area contributed by atoms with E-state index in [-0.39, 0.29) is 0 Å². The second-order valence-electron chi connectivity index (χ2n) is 3.76. The Hall–Kier alpha value is -2.01. The van der Waals surface area contributed by atoms with Crippen molar-refractivity contribution in [2.75, 3.05) is 24.3 Å². The van der Waals surface area contributed by atoms with Gasteiger partial charge in [-0.05, 0) is 19.1 Å². The first-order chi connectivity index (χ1) is 9.22. The molecule has 0 aliphatic heterocycles. The van der Waals surface area contributed by atoms with Gasteiger partial charge < -0.3 is 15.4 Å². The molecule has 6 heteroatoms. The standard InChI is InChI=1S/C13H15ClN4O/c1-3-15-13-17-11(14)8-12(18-13)16-9-6-4-5-7-10(9)19-2/h4-8H,3H2,1-2H3,(H2,15,16,17,18). The van der Waals surface area contributed by atoms with E-state index < -0.39 is 0 Å². The summed E-state index contributed by atoms with van der Waals surface area (Å²) < 4.78 is 5.27. The van der Waals surface area contributed by atoms with Crippen molar-refractivity contribution in [3.63, 3.8) is 0 Å². The fourth-order valence-corrected chi connectivity index (χ4v) is 1.79. The smallest absolute Gasteiger partial charge is 0.226 e. The first-order valence-corrected chi connectivity index (χ1v) is 6.29. The third-order valence-electron chi connectivity index (χ3n) is 2.40. The number of methoxy groups -OCH3 is 1. The molecule has 0 unspecified atom stereocenters. The maximum absolute atomic E-state index is 5.96. The summed E-state index contributed by atoms with van der Waals surface area (Å²) in [5, 5.41) is 6.57. The van der Waals surface area contributed by atoms with Crippen LogP contribution in [-0.4, -0.2) is 23.6 Å². The Morgan fingerprint density at radius 3 is 2.79 bits per heavy atom. The molecular formula is C13H15ClN4O. The first kappa shape index (κ1) is 13.4. The van der Waals surface area contributed by atoms with E-state index >= 15 is 0 Å². The highest BCUT2D eigenvalue weighted by molar-refractivity contribution is 6.29. The average molecular weight is 279 g/mol. The van der Waals surface area contributed by atoms with Crippen LogP contribution in [-0.2, 0) is 0 Å². The monoisotopic (exact) mass is 278 g/mol. The molecule has 100 valence electrons. The molecule has 0 atom stereocenters. The number of nitrogens with zero attached hydrogens (tertiary/aromatic N) is 2. The molecular weight excluding hydrogens is 264 g/mol. The SMILES string of the molecule is CCNc1nc(Cl)cc(Nc2ccccc2OC)n1. The molecule has 2 N–H and O–H groups in total. The van der Waals surface area contributed by atoms with E-state index in [0.717, 1.165) is 18.0 Å². The Morgan fingerprint density at radius 2 is 2.05 bits per heavy atom. The van der Waals surface area contributed by atoms with Gasteiger partial charge in [0, 0.05) is 12.6 Å². The second-order valence-corrected chi connectivity index (χ2v) is 4.14. The van der Waals surface area contributed by atoms with Crippen LogP contribution in [0.25, 0.3) is 0 Å². The largest absolute Gasteiger partial charge is 0.495 e. The topological polar surface area (TPSA) is 59.1 Å². The van der Waals surface area contributed by atoms with Crippen molar-refractivity contribution in [1.29, 1.82) is 0 Å². The fourth-order valence-electron chi connectivity index (χ4n) is 1.60. The van der Waals surface area contributed by atoms with Gasteiger partial charge in [0.25, 0.3) is 0 Å². The van der Waals surface area contributed by atoms with Gasteiger partial charge in [-0.25, -0.2) is 4.98 Å². The number of hydrogen-bond acceptors (Lipinski definition) is 5. The summed E-state index contributed by atoms with van der Waals surface area (Å²) in [5.74, 6) is 1.84. The maximum atomic E-state index is 5.96. The molecule has 0 bridgehead atoms. The lowest BCUT2D eigenvalue weighted by molar-refractivity contribution is 0.417. The van der Waals surface area contributed by atoms with Crippen LogP contribution in [0.15, 0.2) is 30.3 Å². The number of aromatic nitrogens is 2. The fraction of sp³-hybridized carbons (Fsp3) is 0.231. The normalized spacial score (nSPS) is 10.1. The van der Waals surface area contributed by atoms with E-state index in [1.54, 1.807) is 13.2 Å². The van der Waals surface area contributed by atoms with Gasteiger partial charge in [0.15, 0.2) is 0 Å². The van der Waals surface area contributed by atoms with E-state index in [2.05, 4.69) is 20.6 Å².